The zero-order valence-corrected chi connectivity index (χ0v) is 20.4. The Hall–Kier alpha value is -4.86. The van der Waals surface area contributed by atoms with Gasteiger partial charge in [0.2, 0.25) is 0 Å². The first-order valence-electron chi connectivity index (χ1n) is 11.7. The minimum absolute atomic E-state index is 0.0569. The van der Waals surface area contributed by atoms with E-state index in [2.05, 4.69) is 15.2 Å². The van der Waals surface area contributed by atoms with Gasteiger partial charge in [-0.3, -0.25) is 4.98 Å². The second-order valence-electron chi connectivity index (χ2n) is 9.00. The molecule has 2 aromatic heterocycles. The van der Waals surface area contributed by atoms with Crippen molar-refractivity contribution in [2.45, 2.75) is 32.4 Å². The fourth-order valence-corrected chi connectivity index (χ4v) is 4.61. The molecule has 5 rings (SSSR count). The van der Waals surface area contributed by atoms with E-state index in [1.54, 1.807) is 20.1 Å². The summed E-state index contributed by atoms with van der Waals surface area (Å²) >= 11 is 0. The summed E-state index contributed by atoms with van der Waals surface area (Å²) in [5, 5.41) is 18.6. The van der Waals surface area contributed by atoms with E-state index in [9.17, 15) is 18.4 Å². The highest BCUT2D eigenvalue weighted by molar-refractivity contribution is 5.80. The fraction of sp³-hybridized carbons (Fsp3) is 0.280. The van der Waals surface area contributed by atoms with Crippen LogP contribution in [0.2, 0.25) is 0 Å². The standard InChI is InChI=1S/C25H22F2N8O3/c1-13-23(14(2)34(32-13)24(29)36)20-8-22(19(27)10-30-20)38-18-11-33(12-18)25(37)35-21(3-4-31-35)16-5-15(9-28)6-17(26)7-16/h4-8,10,18,21H,3,11-12H2,1-2H3,(H2,29,36)/t21-/m0/s1. The van der Waals surface area contributed by atoms with Crippen LogP contribution in [0, 0.1) is 36.8 Å². The molecule has 1 saturated heterocycles. The molecule has 0 unspecified atom stereocenters. The van der Waals surface area contributed by atoms with Gasteiger partial charge in [-0.15, -0.1) is 0 Å². The molecule has 3 aromatic rings. The first-order valence-corrected chi connectivity index (χ1v) is 11.7. The highest BCUT2D eigenvalue weighted by Crippen LogP contribution is 2.33. The van der Waals surface area contributed by atoms with Crippen molar-refractivity contribution in [2.24, 2.45) is 10.8 Å². The van der Waals surface area contributed by atoms with Crippen molar-refractivity contribution >= 4 is 18.3 Å². The van der Waals surface area contributed by atoms with Gasteiger partial charge in [0.15, 0.2) is 11.6 Å². The number of primary amides is 1. The minimum atomic E-state index is -0.748. The lowest BCUT2D eigenvalue weighted by Gasteiger charge is -2.41. The number of hydrazone groups is 1. The van der Waals surface area contributed by atoms with Gasteiger partial charge in [0.25, 0.3) is 0 Å². The molecule has 0 radical (unpaired) electrons. The molecule has 4 heterocycles. The van der Waals surface area contributed by atoms with Crippen LogP contribution < -0.4 is 10.5 Å². The Morgan fingerprint density at radius 3 is 2.63 bits per heavy atom. The number of likely N-dealkylation sites (tertiary alicyclic amines) is 1. The molecule has 0 aliphatic carbocycles. The summed E-state index contributed by atoms with van der Waals surface area (Å²) in [6.07, 6.45) is 2.48. The van der Waals surface area contributed by atoms with Gasteiger partial charge in [0.05, 0.1) is 54.0 Å². The highest BCUT2D eigenvalue weighted by Gasteiger charge is 2.39. The van der Waals surface area contributed by atoms with Crippen molar-refractivity contribution in [3.05, 3.63) is 64.6 Å². The van der Waals surface area contributed by atoms with Gasteiger partial charge < -0.3 is 15.4 Å². The number of aromatic nitrogens is 3. The number of halogens is 2. The molecule has 1 fully saturated rings. The zero-order chi connectivity index (χ0) is 27.1. The lowest BCUT2D eigenvalue weighted by molar-refractivity contribution is 0.0257. The zero-order valence-electron chi connectivity index (χ0n) is 20.4. The number of benzene rings is 1. The van der Waals surface area contributed by atoms with Crippen molar-refractivity contribution in [1.29, 1.82) is 5.26 Å². The molecule has 38 heavy (non-hydrogen) atoms. The van der Waals surface area contributed by atoms with E-state index < -0.39 is 35.8 Å². The summed E-state index contributed by atoms with van der Waals surface area (Å²) in [5.74, 6) is -1.31. The number of carbonyl (C=O) groups is 2. The third-order valence-electron chi connectivity index (χ3n) is 6.45. The average Bonchev–Trinajstić information content (AvgIpc) is 3.46. The van der Waals surface area contributed by atoms with Crippen LogP contribution in [0.5, 0.6) is 5.75 Å². The third-order valence-corrected chi connectivity index (χ3v) is 6.45. The molecule has 1 atom stereocenters. The number of carbonyl (C=O) groups excluding carboxylic acids is 2. The van der Waals surface area contributed by atoms with Crippen LogP contribution in [-0.2, 0) is 0 Å². The summed E-state index contributed by atoms with van der Waals surface area (Å²) < 4.78 is 35.3. The largest absolute Gasteiger partial charge is 0.483 e. The molecule has 11 nitrogen and oxygen atoms in total. The van der Waals surface area contributed by atoms with E-state index in [0.717, 1.165) is 16.9 Å². The van der Waals surface area contributed by atoms with E-state index in [-0.39, 0.29) is 24.4 Å². The number of urea groups is 1. The lowest BCUT2D eigenvalue weighted by atomic mass is 10.0. The van der Waals surface area contributed by atoms with E-state index in [4.69, 9.17) is 15.7 Å². The van der Waals surface area contributed by atoms with Crippen LogP contribution in [0.3, 0.4) is 0 Å². The molecule has 2 aliphatic rings. The quantitative estimate of drug-likeness (QED) is 0.560. The number of aryl methyl sites for hydroxylation is 1. The number of nitrogens with zero attached hydrogens (tertiary/aromatic N) is 7. The van der Waals surface area contributed by atoms with E-state index >= 15 is 0 Å². The molecule has 194 valence electrons. The maximum Gasteiger partial charge on any atom is 0.341 e. The van der Waals surface area contributed by atoms with Gasteiger partial charge in [-0.25, -0.2) is 23.4 Å². The van der Waals surface area contributed by atoms with Crippen molar-refractivity contribution in [2.75, 3.05) is 13.1 Å². The second-order valence-corrected chi connectivity index (χ2v) is 9.00. The van der Waals surface area contributed by atoms with Gasteiger partial charge in [-0.1, -0.05) is 0 Å². The average molecular weight is 521 g/mol. The molecular weight excluding hydrogens is 498 g/mol. The Kier molecular flexibility index (Phi) is 6.23. The van der Waals surface area contributed by atoms with Gasteiger partial charge in [-0.2, -0.15) is 20.1 Å². The first-order chi connectivity index (χ1) is 18.2. The molecule has 0 spiro atoms. The van der Waals surface area contributed by atoms with E-state index in [1.807, 2.05) is 6.07 Å². The van der Waals surface area contributed by atoms with E-state index in [1.165, 1.54) is 28.1 Å². The number of hydrogen-bond donors (Lipinski definition) is 1. The van der Waals surface area contributed by atoms with E-state index in [0.29, 0.717) is 34.6 Å². The summed E-state index contributed by atoms with van der Waals surface area (Å²) in [7, 11) is 0. The minimum Gasteiger partial charge on any atom is -0.483 e. The Morgan fingerprint density at radius 2 is 1.95 bits per heavy atom. The second kappa shape index (κ2) is 9.55. The van der Waals surface area contributed by atoms with Crippen molar-refractivity contribution < 1.29 is 23.1 Å². The summed E-state index contributed by atoms with van der Waals surface area (Å²) in [6, 6.07) is 5.56. The number of hydrogen-bond acceptors (Lipinski definition) is 7. The van der Waals surface area contributed by atoms with Crippen LogP contribution in [0.4, 0.5) is 18.4 Å². The maximum atomic E-state index is 14.5. The monoisotopic (exact) mass is 520 g/mol. The smallest absolute Gasteiger partial charge is 0.341 e. The number of pyridine rings is 1. The molecule has 13 heteroatoms. The number of rotatable bonds is 4. The van der Waals surface area contributed by atoms with Crippen molar-refractivity contribution in [3.63, 3.8) is 0 Å². The van der Waals surface area contributed by atoms with Crippen LogP contribution in [-0.4, -0.2) is 62.1 Å². The maximum absolute atomic E-state index is 14.5. The number of amides is 3. The Morgan fingerprint density at radius 1 is 1.18 bits per heavy atom. The molecule has 1 aromatic carbocycles. The topological polar surface area (TPSA) is 143 Å². The van der Waals surface area contributed by atoms with Crippen molar-refractivity contribution in [1.82, 2.24) is 24.7 Å². The lowest BCUT2D eigenvalue weighted by Crippen LogP contribution is -2.58. The Labute approximate surface area is 215 Å². The Balaban J connectivity index is 1.27. The van der Waals surface area contributed by atoms with Crippen LogP contribution >= 0.6 is 0 Å². The summed E-state index contributed by atoms with van der Waals surface area (Å²) in [6.45, 7) is 3.69. The van der Waals surface area contributed by atoms with Crippen molar-refractivity contribution in [3.8, 4) is 23.1 Å². The molecule has 2 aliphatic heterocycles. The third kappa shape index (κ3) is 4.40. The SMILES string of the molecule is Cc1nn(C(N)=O)c(C)c1-c1cc(OC2CN(C(=O)N3N=CC[C@H]3c3cc(F)cc(C#N)c3)C2)c(F)cn1. The predicted molar refractivity (Wildman–Crippen MR) is 130 cm³/mol. The summed E-state index contributed by atoms with van der Waals surface area (Å²) in [4.78, 5) is 30.3. The van der Waals surface area contributed by atoms with Gasteiger partial charge >= 0.3 is 12.1 Å². The number of nitriles is 1. The van der Waals surface area contributed by atoms with Gasteiger partial charge in [-0.05, 0) is 37.6 Å². The van der Waals surface area contributed by atoms with Gasteiger partial charge in [0, 0.05) is 24.3 Å². The highest BCUT2D eigenvalue weighted by atomic mass is 19.1. The van der Waals surface area contributed by atoms with Gasteiger partial charge in [0.1, 0.15) is 11.9 Å². The predicted octanol–water partition coefficient (Wildman–Crippen LogP) is 3.25. The summed E-state index contributed by atoms with van der Waals surface area (Å²) in [5.41, 5.74) is 7.82. The fourth-order valence-electron chi connectivity index (χ4n) is 4.61. The van der Waals surface area contributed by atoms with Crippen LogP contribution in [0.15, 0.2) is 35.6 Å². The molecular formula is C25H22F2N8O3. The number of nitrogens with two attached hydrogens (primary N) is 1. The molecule has 3 amide bonds. The molecule has 0 saturated carbocycles. The molecule has 0 bridgehead atoms. The van der Waals surface area contributed by atoms with Crippen LogP contribution in [0.25, 0.3) is 11.3 Å². The first kappa shape index (κ1) is 24.8. The Bertz CT molecular complexity index is 1520. The molecule has 2 N–H and O–H groups in total. The van der Waals surface area contributed by atoms with Crippen LogP contribution in [0.1, 0.15) is 35.0 Å². The number of ether oxygens (including phenoxy) is 1. The normalized spacial score (nSPS) is 16.9.